The topological polar surface area (TPSA) is 49.4 Å². The summed E-state index contributed by atoms with van der Waals surface area (Å²) in [7, 11) is 0. The zero-order valence-corrected chi connectivity index (χ0v) is 14.3. The van der Waals surface area contributed by atoms with Crippen LogP contribution >= 0.6 is 11.6 Å². The van der Waals surface area contributed by atoms with Crippen molar-refractivity contribution < 1.29 is 14.0 Å². The number of hydrogen-bond donors (Lipinski definition) is 1. The van der Waals surface area contributed by atoms with Crippen molar-refractivity contribution in [2.75, 3.05) is 5.32 Å². The van der Waals surface area contributed by atoms with Crippen LogP contribution in [0.3, 0.4) is 0 Å². The lowest BCUT2D eigenvalue weighted by Crippen LogP contribution is -2.33. The fourth-order valence-electron chi connectivity index (χ4n) is 2.87. The standard InChI is InChI=1S/C19H16ClFN2O2/c1-12(24)23-9-8-13-4-2-3-5-15(13)18(23)11-19(25)22-14-6-7-17(21)16(20)10-14/h2-10,18H,11H2,1H3,(H,22,25)/t18-/m1/s1. The lowest BCUT2D eigenvalue weighted by atomic mass is 9.93. The first kappa shape index (κ1) is 17.2. The van der Waals surface area contributed by atoms with Crippen molar-refractivity contribution in [2.24, 2.45) is 0 Å². The number of benzene rings is 2. The maximum atomic E-state index is 13.2. The Kier molecular flexibility index (Phi) is 4.86. The molecule has 0 saturated heterocycles. The molecule has 0 bridgehead atoms. The van der Waals surface area contributed by atoms with Crippen LogP contribution in [0.1, 0.15) is 30.5 Å². The second-order valence-electron chi connectivity index (χ2n) is 5.77. The van der Waals surface area contributed by atoms with E-state index in [1.807, 2.05) is 30.3 Å². The molecule has 4 nitrogen and oxygen atoms in total. The third kappa shape index (κ3) is 3.72. The fourth-order valence-corrected chi connectivity index (χ4v) is 3.06. The number of hydrogen-bond acceptors (Lipinski definition) is 2. The number of nitrogens with zero attached hydrogens (tertiary/aromatic N) is 1. The number of rotatable bonds is 3. The molecule has 2 amide bonds. The number of carbonyl (C=O) groups excluding carboxylic acids is 2. The SMILES string of the molecule is CC(=O)N1C=Cc2ccccc2[C@H]1CC(=O)Nc1ccc(F)c(Cl)c1. The molecule has 1 heterocycles. The minimum absolute atomic E-state index is 0.0610. The van der Waals surface area contributed by atoms with Crippen molar-refractivity contribution in [3.63, 3.8) is 0 Å². The Morgan fingerprint density at radius 3 is 2.72 bits per heavy atom. The van der Waals surface area contributed by atoms with Crippen LogP contribution in [-0.4, -0.2) is 16.7 Å². The zero-order valence-electron chi connectivity index (χ0n) is 13.5. The molecular formula is C19H16ClFN2O2. The Morgan fingerprint density at radius 2 is 2.00 bits per heavy atom. The molecule has 3 rings (SSSR count). The first-order valence-electron chi connectivity index (χ1n) is 7.76. The Bertz CT molecular complexity index is 866. The molecule has 2 aromatic rings. The Balaban J connectivity index is 1.81. The summed E-state index contributed by atoms with van der Waals surface area (Å²) < 4.78 is 13.2. The van der Waals surface area contributed by atoms with Crippen LogP contribution in [0, 0.1) is 5.82 Å². The van der Waals surface area contributed by atoms with Gasteiger partial charge in [0.25, 0.3) is 0 Å². The summed E-state index contributed by atoms with van der Waals surface area (Å²) in [4.78, 5) is 25.9. The highest BCUT2D eigenvalue weighted by Gasteiger charge is 2.28. The van der Waals surface area contributed by atoms with E-state index in [2.05, 4.69) is 5.32 Å². The van der Waals surface area contributed by atoms with Gasteiger partial charge in [-0.05, 0) is 35.4 Å². The van der Waals surface area contributed by atoms with Crippen molar-refractivity contribution >= 4 is 35.2 Å². The van der Waals surface area contributed by atoms with Gasteiger partial charge >= 0.3 is 0 Å². The van der Waals surface area contributed by atoms with Gasteiger partial charge in [0.15, 0.2) is 0 Å². The smallest absolute Gasteiger partial charge is 0.226 e. The number of anilines is 1. The maximum absolute atomic E-state index is 13.2. The second-order valence-corrected chi connectivity index (χ2v) is 6.18. The van der Waals surface area contributed by atoms with Crippen LogP contribution in [0.4, 0.5) is 10.1 Å². The van der Waals surface area contributed by atoms with Crippen LogP contribution in [0.15, 0.2) is 48.7 Å². The van der Waals surface area contributed by atoms with Gasteiger partial charge < -0.3 is 10.2 Å². The quantitative estimate of drug-likeness (QED) is 0.885. The molecule has 2 aromatic carbocycles. The predicted molar refractivity (Wildman–Crippen MR) is 95.4 cm³/mol. The molecule has 0 radical (unpaired) electrons. The van der Waals surface area contributed by atoms with Crippen molar-refractivity contribution in [1.82, 2.24) is 4.90 Å². The maximum Gasteiger partial charge on any atom is 0.226 e. The molecule has 0 saturated carbocycles. The van der Waals surface area contributed by atoms with E-state index in [-0.39, 0.29) is 23.3 Å². The number of fused-ring (bicyclic) bond motifs is 1. The number of amides is 2. The van der Waals surface area contributed by atoms with Gasteiger partial charge in [0.2, 0.25) is 11.8 Å². The third-order valence-corrected chi connectivity index (χ3v) is 4.34. The van der Waals surface area contributed by atoms with Gasteiger partial charge in [-0.3, -0.25) is 9.59 Å². The van der Waals surface area contributed by atoms with Gasteiger partial charge in [0, 0.05) is 18.8 Å². The Morgan fingerprint density at radius 1 is 1.24 bits per heavy atom. The van der Waals surface area contributed by atoms with E-state index in [4.69, 9.17) is 11.6 Å². The van der Waals surface area contributed by atoms with Crippen molar-refractivity contribution in [2.45, 2.75) is 19.4 Å². The fraction of sp³-hybridized carbons (Fsp3) is 0.158. The minimum Gasteiger partial charge on any atom is -0.326 e. The average Bonchev–Trinajstić information content (AvgIpc) is 2.58. The van der Waals surface area contributed by atoms with E-state index in [1.165, 1.54) is 25.1 Å². The normalized spacial score (nSPS) is 15.6. The average molecular weight is 359 g/mol. The number of nitrogens with one attached hydrogen (secondary N) is 1. The molecule has 0 fully saturated rings. The molecule has 1 aliphatic rings. The monoisotopic (exact) mass is 358 g/mol. The first-order valence-corrected chi connectivity index (χ1v) is 8.14. The van der Waals surface area contributed by atoms with Gasteiger partial charge in [0.1, 0.15) is 5.82 Å². The summed E-state index contributed by atoms with van der Waals surface area (Å²) in [5.41, 5.74) is 2.29. The lowest BCUT2D eigenvalue weighted by Gasteiger charge is -2.32. The molecule has 0 aliphatic carbocycles. The lowest BCUT2D eigenvalue weighted by molar-refractivity contribution is -0.129. The highest BCUT2D eigenvalue weighted by Crippen LogP contribution is 2.33. The van der Waals surface area contributed by atoms with E-state index < -0.39 is 11.9 Å². The summed E-state index contributed by atoms with van der Waals surface area (Å²) in [6.45, 7) is 1.46. The van der Waals surface area contributed by atoms with Crippen molar-refractivity contribution in [3.05, 3.63) is 70.6 Å². The molecule has 128 valence electrons. The molecule has 0 spiro atoms. The van der Waals surface area contributed by atoms with Gasteiger partial charge in [-0.25, -0.2) is 4.39 Å². The van der Waals surface area contributed by atoms with Gasteiger partial charge in [-0.15, -0.1) is 0 Å². The molecule has 1 N–H and O–H groups in total. The van der Waals surface area contributed by atoms with Gasteiger partial charge in [0.05, 0.1) is 17.5 Å². The summed E-state index contributed by atoms with van der Waals surface area (Å²) in [5, 5.41) is 2.63. The van der Waals surface area contributed by atoms with Gasteiger partial charge in [-0.2, -0.15) is 0 Å². The van der Waals surface area contributed by atoms with E-state index in [1.54, 1.807) is 11.1 Å². The highest BCUT2D eigenvalue weighted by molar-refractivity contribution is 6.31. The summed E-state index contributed by atoms with van der Waals surface area (Å²) in [6, 6.07) is 11.2. The van der Waals surface area contributed by atoms with Crippen molar-refractivity contribution in [1.29, 1.82) is 0 Å². The second kappa shape index (κ2) is 7.07. The molecule has 1 aliphatic heterocycles. The molecule has 1 atom stereocenters. The van der Waals surface area contributed by atoms with E-state index >= 15 is 0 Å². The van der Waals surface area contributed by atoms with Crippen LogP contribution in [0.5, 0.6) is 0 Å². The van der Waals surface area contributed by atoms with Crippen LogP contribution in [0.2, 0.25) is 5.02 Å². The van der Waals surface area contributed by atoms with E-state index in [0.29, 0.717) is 5.69 Å². The third-order valence-electron chi connectivity index (χ3n) is 4.05. The largest absolute Gasteiger partial charge is 0.326 e. The molecule has 25 heavy (non-hydrogen) atoms. The Labute approximate surface area is 149 Å². The summed E-state index contributed by atoms with van der Waals surface area (Å²) >= 11 is 5.73. The number of halogens is 2. The van der Waals surface area contributed by atoms with Gasteiger partial charge in [-0.1, -0.05) is 35.9 Å². The zero-order chi connectivity index (χ0) is 18.0. The van der Waals surface area contributed by atoms with Crippen LogP contribution in [0.25, 0.3) is 6.08 Å². The predicted octanol–water partition coefficient (Wildman–Crippen LogP) is 4.38. The number of carbonyl (C=O) groups is 2. The van der Waals surface area contributed by atoms with E-state index in [9.17, 15) is 14.0 Å². The summed E-state index contributed by atoms with van der Waals surface area (Å²) in [6.07, 6.45) is 3.62. The van der Waals surface area contributed by atoms with Crippen LogP contribution < -0.4 is 5.32 Å². The molecule has 0 unspecified atom stereocenters. The molecule has 0 aromatic heterocycles. The summed E-state index contributed by atoms with van der Waals surface area (Å²) in [5.74, 6) is -0.980. The van der Waals surface area contributed by atoms with E-state index in [0.717, 1.165) is 11.1 Å². The Hall–Kier alpha value is -2.66. The minimum atomic E-state index is -0.547. The first-order chi connectivity index (χ1) is 12.0. The highest BCUT2D eigenvalue weighted by atomic mass is 35.5. The molecule has 6 heteroatoms. The van der Waals surface area contributed by atoms with Crippen LogP contribution in [-0.2, 0) is 9.59 Å². The van der Waals surface area contributed by atoms with Crippen molar-refractivity contribution in [3.8, 4) is 0 Å². The molecular weight excluding hydrogens is 343 g/mol.